The lowest BCUT2D eigenvalue weighted by atomic mass is 10.0. The van der Waals surface area contributed by atoms with E-state index in [9.17, 15) is 9.59 Å². The van der Waals surface area contributed by atoms with Crippen LogP contribution in [0.4, 0.5) is 0 Å². The number of aryl methyl sites for hydroxylation is 1. The van der Waals surface area contributed by atoms with Crippen LogP contribution in [0.15, 0.2) is 48.5 Å². The van der Waals surface area contributed by atoms with Gasteiger partial charge in [-0.1, -0.05) is 42.5 Å². The molecule has 0 aromatic heterocycles. The summed E-state index contributed by atoms with van der Waals surface area (Å²) in [7, 11) is 0. The number of hydrogen-bond acceptors (Lipinski definition) is 3. The van der Waals surface area contributed by atoms with Crippen LogP contribution in [0.2, 0.25) is 0 Å². The summed E-state index contributed by atoms with van der Waals surface area (Å²) in [5.74, 6) is 0.109. The molecule has 2 amide bonds. The first-order valence-electron chi connectivity index (χ1n) is 9.43. The topological polar surface area (TPSA) is 52.7 Å². The fraction of sp³-hybridized carbons (Fsp3) is 0.364. The summed E-state index contributed by atoms with van der Waals surface area (Å²) in [6.07, 6.45) is 0. The van der Waals surface area contributed by atoms with Gasteiger partial charge in [0.05, 0.1) is 6.54 Å². The first kappa shape index (κ1) is 19.1. The summed E-state index contributed by atoms with van der Waals surface area (Å²) in [4.78, 5) is 29.0. The van der Waals surface area contributed by atoms with Crippen molar-refractivity contribution >= 4 is 11.8 Å². The number of carbonyl (C=O) groups excluding carboxylic acids is 2. The lowest BCUT2D eigenvalue weighted by Gasteiger charge is -2.34. The summed E-state index contributed by atoms with van der Waals surface area (Å²) in [5.41, 5.74) is 4.05. The van der Waals surface area contributed by atoms with Crippen molar-refractivity contribution in [2.75, 3.05) is 32.7 Å². The Morgan fingerprint density at radius 1 is 0.926 bits per heavy atom. The van der Waals surface area contributed by atoms with Gasteiger partial charge in [-0.3, -0.25) is 14.5 Å². The van der Waals surface area contributed by atoms with E-state index in [-0.39, 0.29) is 11.8 Å². The summed E-state index contributed by atoms with van der Waals surface area (Å²) < 4.78 is 0. The Bertz CT molecular complexity index is 796. The Balaban J connectivity index is 1.46. The highest BCUT2D eigenvalue weighted by molar-refractivity contribution is 5.96. The van der Waals surface area contributed by atoms with Crippen LogP contribution in [0, 0.1) is 13.8 Å². The molecule has 3 rings (SSSR count). The van der Waals surface area contributed by atoms with Gasteiger partial charge in [-0.05, 0) is 36.6 Å². The number of piperazine rings is 1. The van der Waals surface area contributed by atoms with Crippen LogP contribution in [0.5, 0.6) is 0 Å². The number of carbonyl (C=O) groups is 2. The molecule has 142 valence electrons. The quantitative estimate of drug-likeness (QED) is 0.885. The molecule has 5 heteroatoms. The molecule has 1 N–H and O–H groups in total. The van der Waals surface area contributed by atoms with Crippen LogP contribution in [0.1, 0.15) is 27.0 Å². The Hall–Kier alpha value is -2.66. The van der Waals surface area contributed by atoms with E-state index in [1.54, 1.807) is 0 Å². The van der Waals surface area contributed by atoms with Crippen molar-refractivity contribution in [3.05, 3.63) is 70.8 Å². The standard InChI is InChI=1S/C22H27N3O2/c1-17-7-6-10-20(18(17)2)22(27)25-13-11-24(12-14-25)16-21(26)23-15-19-8-4-3-5-9-19/h3-10H,11-16H2,1-2H3,(H,23,26). The van der Waals surface area contributed by atoms with Crippen LogP contribution in [0.3, 0.4) is 0 Å². The minimum absolute atomic E-state index is 0.0214. The largest absolute Gasteiger partial charge is 0.351 e. The second kappa shape index (κ2) is 8.82. The average Bonchev–Trinajstić information content (AvgIpc) is 2.69. The van der Waals surface area contributed by atoms with E-state index in [1.807, 2.05) is 67.3 Å². The predicted molar refractivity (Wildman–Crippen MR) is 107 cm³/mol. The molecule has 0 unspecified atom stereocenters. The zero-order valence-corrected chi connectivity index (χ0v) is 16.1. The Kier molecular flexibility index (Phi) is 6.24. The molecule has 1 heterocycles. The second-order valence-electron chi connectivity index (χ2n) is 7.08. The monoisotopic (exact) mass is 365 g/mol. The maximum absolute atomic E-state index is 12.8. The van der Waals surface area contributed by atoms with Gasteiger partial charge in [0.2, 0.25) is 5.91 Å². The molecule has 27 heavy (non-hydrogen) atoms. The Morgan fingerprint density at radius 3 is 2.33 bits per heavy atom. The molecular formula is C22H27N3O2. The molecule has 0 aliphatic carbocycles. The van der Waals surface area contributed by atoms with E-state index in [1.165, 1.54) is 0 Å². The average molecular weight is 365 g/mol. The van der Waals surface area contributed by atoms with Gasteiger partial charge in [-0.25, -0.2) is 0 Å². The van der Waals surface area contributed by atoms with Gasteiger partial charge in [0.1, 0.15) is 0 Å². The van der Waals surface area contributed by atoms with E-state index in [0.717, 1.165) is 35.3 Å². The first-order chi connectivity index (χ1) is 13.0. The van der Waals surface area contributed by atoms with Crippen LogP contribution in [-0.4, -0.2) is 54.3 Å². The molecule has 0 saturated carbocycles. The highest BCUT2D eigenvalue weighted by atomic mass is 16.2. The maximum atomic E-state index is 12.8. The number of nitrogens with zero attached hydrogens (tertiary/aromatic N) is 2. The van der Waals surface area contributed by atoms with Crippen molar-refractivity contribution in [3.63, 3.8) is 0 Å². The second-order valence-corrected chi connectivity index (χ2v) is 7.08. The van der Waals surface area contributed by atoms with Gasteiger partial charge in [-0.15, -0.1) is 0 Å². The van der Waals surface area contributed by atoms with Crippen molar-refractivity contribution in [1.29, 1.82) is 0 Å². The van der Waals surface area contributed by atoms with Crippen LogP contribution in [0.25, 0.3) is 0 Å². The van der Waals surface area contributed by atoms with Gasteiger partial charge in [0.25, 0.3) is 5.91 Å². The molecule has 1 aliphatic heterocycles. The van der Waals surface area contributed by atoms with Crippen LogP contribution in [-0.2, 0) is 11.3 Å². The smallest absolute Gasteiger partial charge is 0.254 e. The van der Waals surface area contributed by atoms with E-state index < -0.39 is 0 Å². The van der Waals surface area contributed by atoms with Crippen molar-refractivity contribution in [2.45, 2.75) is 20.4 Å². The SMILES string of the molecule is Cc1cccc(C(=O)N2CCN(CC(=O)NCc3ccccc3)CC2)c1C. The lowest BCUT2D eigenvalue weighted by molar-refractivity contribution is -0.122. The van der Waals surface area contributed by atoms with E-state index in [0.29, 0.717) is 26.2 Å². The van der Waals surface area contributed by atoms with Crippen molar-refractivity contribution in [3.8, 4) is 0 Å². The van der Waals surface area contributed by atoms with E-state index in [2.05, 4.69) is 10.2 Å². The minimum Gasteiger partial charge on any atom is -0.351 e. The molecule has 0 bridgehead atoms. The Labute approximate surface area is 161 Å². The predicted octanol–water partition coefficient (Wildman–Crippen LogP) is 2.38. The summed E-state index contributed by atoms with van der Waals surface area (Å²) in [6, 6.07) is 15.7. The minimum atomic E-state index is 0.0214. The molecule has 1 fully saturated rings. The van der Waals surface area contributed by atoms with Crippen LogP contribution < -0.4 is 5.32 Å². The van der Waals surface area contributed by atoms with Gasteiger partial charge in [0.15, 0.2) is 0 Å². The molecule has 0 spiro atoms. The lowest BCUT2D eigenvalue weighted by Crippen LogP contribution is -2.51. The Morgan fingerprint density at radius 2 is 1.63 bits per heavy atom. The van der Waals surface area contributed by atoms with Crippen molar-refractivity contribution < 1.29 is 9.59 Å². The fourth-order valence-corrected chi connectivity index (χ4v) is 3.32. The van der Waals surface area contributed by atoms with Gasteiger partial charge >= 0.3 is 0 Å². The van der Waals surface area contributed by atoms with Crippen LogP contribution >= 0.6 is 0 Å². The molecule has 0 radical (unpaired) electrons. The highest BCUT2D eigenvalue weighted by Gasteiger charge is 2.24. The molecule has 2 aromatic rings. The van der Waals surface area contributed by atoms with Gasteiger partial charge in [0, 0.05) is 38.3 Å². The normalized spacial score (nSPS) is 14.8. The molecule has 0 atom stereocenters. The van der Waals surface area contributed by atoms with Crippen molar-refractivity contribution in [2.24, 2.45) is 0 Å². The number of hydrogen-bond donors (Lipinski definition) is 1. The number of nitrogens with one attached hydrogen (secondary N) is 1. The van der Waals surface area contributed by atoms with Gasteiger partial charge < -0.3 is 10.2 Å². The molecular weight excluding hydrogens is 338 g/mol. The third kappa shape index (κ3) is 4.95. The molecule has 1 saturated heterocycles. The molecule has 2 aromatic carbocycles. The zero-order chi connectivity index (χ0) is 19.2. The van der Waals surface area contributed by atoms with Crippen molar-refractivity contribution in [1.82, 2.24) is 15.1 Å². The first-order valence-corrected chi connectivity index (χ1v) is 9.43. The highest BCUT2D eigenvalue weighted by Crippen LogP contribution is 2.16. The molecule has 1 aliphatic rings. The molecule has 5 nitrogen and oxygen atoms in total. The number of amides is 2. The zero-order valence-electron chi connectivity index (χ0n) is 16.1. The number of rotatable bonds is 5. The number of benzene rings is 2. The fourth-order valence-electron chi connectivity index (χ4n) is 3.32. The third-order valence-electron chi connectivity index (χ3n) is 5.19. The maximum Gasteiger partial charge on any atom is 0.254 e. The summed E-state index contributed by atoms with van der Waals surface area (Å²) in [5, 5.41) is 2.96. The van der Waals surface area contributed by atoms with E-state index in [4.69, 9.17) is 0 Å². The van der Waals surface area contributed by atoms with E-state index >= 15 is 0 Å². The van der Waals surface area contributed by atoms with Gasteiger partial charge in [-0.2, -0.15) is 0 Å². The third-order valence-corrected chi connectivity index (χ3v) is 5.19. The summed E-state index contributed by atoms with van der Waals surface area (Å²) in [6.45, 7) is 7.68. The summed E-state index contributed by atoms with van der Waals surface area (Å²) >= 11 is 0.